The number of nitrogens with zero attached hydrogens (tertiary/aromatic N) is 1. The normalized spacial score (nSPS) is 18.5. The molecule has 2 aliphatic heterocycles. The fourth-order valence-corrected chi connectivity index (χ4v) is 6.36. The van der Waals surface area contributed by atoms with Gasteiger partial charge in [0, 0.05) is 27.8 Å². The Morgan fingerprint density at radius 3 is 2.16 bits per heavy atom. The zero-order valence-electron chi connectivity index (χ0n) is 21.2. The summed E-state index contributed by atoms with van der Waals surface area (Å²) in [6.07, 6.45) is -4.75. The quantitative estimate of drug-likeness (QED) is 0.143. The Kier molecular flexibility index (Phi) is 4.79. The van der Waals surface area contributed by atoms with Crippen molar-refractivity contribution in [2.75, 3.05) is 4.90 Å². The van der Waals surface area contributed by atoms with Crippen LogP contribution in [0.5, 0.6) is 11.5 Å². The van der Waals surface area contributed by atoms with E-state index in [1.54, 1.807) is 24.3 Å². The van der Waals surface area contributed by atoms with Gasteiger partial charge in [-0.05, 0) is 53.4 Å². The van der Waals surface area contributed by atoms with Gasteiger partial charge in [0.05, 0.1) is 11.1 Å². The Morgan fingerprint density at radius 1 is 0.744 bits per heavy atom. The molecule has 3 heterocycles. The first-order chi connectivity index (χ1) is 20.2. The third kappa shape index (κ3) is 3.09. The molecule has 3 aliphatic rings. The van der Waals surface area contributed by atoms with Crippen LogP contribution in [0.15, 0.2) is 83.3 Å². The molecule has 0 radical (unpaired) electrons. The van der Waals surface area contributed by atoms with E-state index >= 15 is 17.6 Å². The highest BCUT2D eigenvalue weighted by Crippen LogP contribution is 2.66. The lowest BCUT2D eigenvalue weighted by atomic mass is 9.34. The highest BCUT2D eigenvalue weighted by atomic mass is 19.4. The van der Waals surface area contributed by atoms with Crippen molar-refractivity contribution in [1.29, 1.82) is 0 Å². The topological polar surface area (TPSA) is 25.6 Å². The Labute approximate surface area is 236 Å². The van der Waals surface area contributed by atoms with Gasteiger partial charge in [0.15, 0.2) is 0 Å². The number of hydrogen-bond donors (Lipinski definition) is 0. The van der Waals surface area contributed by atoms with Crippen molar-refractivity contribution in [3.05, 3.63) is 95.6 Å². The number of rotatable bonds is 1. The second-order valence-electron chi connectivity index (χ2n) is 10.6. The van der Waals surface area contributed by atoms with Crippen molar-refractivity contribution < 1.29 is 48.7 Å². The zero-order chi connectivity index (χ0) is 30.3. The predicted octanol–water partition coefficient (Wildman–Crippen LogP) is 7.69. The standard InChI is InChI=1S/C30H13BF9NO2/c32-27(33)17-13-19-24-25(22(17)28(34,35)30(27,39)40)42-21-9-5-4-8-18(21)31(24)23-16-12-14(29(36,37)38)10-11-20(16)43-26(23)41(19)15-6-2-1-3-7-15/h1-13H. The van der Waals surface area contributed by atoms with Gasteiger partial charge in [0.1, 0.15) is 17.1 Å². The summed E-state index contributed by atoms with van der Waals surface area (Å²) in [4.78, 5) is 1.25. The van der Waals surface area contributed by atoms with Crippen LogP contribution in [-0.2, 0) is 18.0 Å². The van der Waals surface area contributed by atoms with Crippen molar-refractivity contribution in [1.82, 2.24) is 0 Å². The molecule has 0 saturated heterocycles. The molecule has 1 aromatic heterocycles. The molecule has 8 rings (SSSR count). The fourth-order valence-electron chi connectivity index (χ4n) is 6.36. The number of furan rings is 1. The average molecular weight is 601 g/mol. The summed E-state index contributed by atoms with van der Waals surface area (Å²) in [5, 5.41) is -0.0213. The van der Waals surface area contributed by atoms with Gasteiger partial charge in [-0.3, -0.25) is 4.90 Å². The van der Waals surface area contributed by atoms with Gasteiger partial charge in [-0.1, -0.05) is 36.4 Å². The molecule has 0 saturated carbocycles. The van der Waals surface area contributed by atoms with E-state index in [0.29, 0.717) is 11.5 Å². The number of alkyl halides is 9. The van der Waals surface area contributed by atoms with E-state index < -0.39 is 53.1 Å². The number of fused-ring (bicyclic) bond motifs is 8. The lowest BCUT2D eigenvalue weighted by Gasteiger charge is -2.38. The first-order valence-electron chi connectivity index (χ1n) is 12.9. The molecule has 0 fully saturated rings. The summed E-state index contributed by atoms with van der Waals surface area (Å²) in [6, 6.07) is 17.1. The largest absolute Gasteiger partial charge is 0.458 e. The van der Waals surface area contributed by atoms with E-state index in [9.17, 15) is 22.0 Å². The van der Waals surface area contributed by atoms with Gasteiger partial charge in [-0.15, -0.1) is 0 Å². The Bertz CT molecular complexity index is 2000. The van der Waals surface area contributed by atoms with E-state index in [1.165, 1.54) is 35.2 Å². The maximum Gasteiger partial charge on any atom is 0.416 e. The Hall–Kier alpha value is -4.55. The minimum atomic E-state index is -5.79. The lowest BCUT2D eigenvalue weighted by Crippen LogP contribution is -2.59. The van der Waals surface area contributed by atoms with Crippen molar-refractivity contribution >= 4 is 51.3 Å². The molecule has 0 unspecified atom stereocenters. The molecule has 43 heavy (non-hydrogen) atoms. The van der Waals surface area contributed by atoms with Gasteiger partial charge in [0.2, 0.25) is 5.88 Å². The number of benzene rings is 4. The molecule has 13 heteroatoms. The number of anilines is 3. The van der Waals surface area contributed by atoms with Gasteiger partial charge in [-0.2, -0.15) is 39.5 Å². The summed E-state index contributed by atoms with van der Waals surface area (Å²) < 4.78 is 144. The molecule has 1 aliphatic carbocycles. The predicted molar refractivity (Wildman–Crippen MR) is 140 cm³/mol. The molecule has 0 spiro atoms. The van der Waals surface area contributed by atoms with Crippen LogP contribution < -0.4 is 26.0 Å². The maximum atomic E-state index is 15.4. The van der Waals surface area contributed by atoms with Gasteiger partial charge in [-0.25, -0.2) is 0 Å². The summed E-state index contributed by atoms with van der Waals surface area (Å²) in [6.45, 7) is -1.20. The van der Waals surface area contributed by atoms with Gasteiger partial charge >= 0.3 is 23.9 Å². The highest BCUT2D eigenvalue weighted by Gasteiger charge is 2.80. The van der Waals surface area contributed by atoms with E-state index in [0.717, 1.165) is 18.2 Å². The van der Waals surface area contributed by atoms with Crippen LogP contribution in [0, 0.1) is 0 Å². The third-order valence-corrected chi connectivity index (χ3v) is 8.25. The molecule has 0 atom stereocenters. The summed E-state index contributed by atoms with van der Waals surface area (Å²) in [5.74, 6) is -17.5. The lowest BCUT2D eigenvalue weighted by molar-refractivity contribution is -0.302. The molecule has 0 N–H and O–H groups in total. The first kappa shape index (κ1) is 26.1. The van der Waals surface area contributed by atoms with Gasteiger partial charge < -0.3 is 9.15 Å². The molecule has 216 valence electrons. The molecule has 5 aromatic rings. The first-order valence-corrected chi connectivity index (χ1v) is 12.9. The third-order valence-electron chi connectivity index (χ3n) is 8.25. The second kappa shape index (κ2) is 7.88. The molecular weight excluding hydrogens is 588 g/mol. The summed E-state index contributed by atoms with van der Waals surface area (Å²) in [5.41, 5.74) is -4.03. The SMILES string of the molecule is FC(F)(F)c1ccc2oc3c(c2c1)B1c2ccccc2Oc2c1c(cc1c2C(F)(F)C(F)(F)C1(F)F)N3c1ccccc1. The molecule has 3 nitrogen and oxygen atoms in total. The van der Waals surface area contributed by atoms with Crippen LogP contribution in [0.4, 0.5) is 56.8 Å². The monoisotopic (exact) mass is 601 g/mol. The van der Waals surface area contributed by atoms with Crippen LogP contribution in [0.25, 0.3) is 11.0 Å². The van der Waals surface area contributed by atoms with E-state index in [1.807, 2.05) is 0 Å². The number of halogens is 9. The van der Waals surface area contributed by atoms with E-state index in [4.69, 9.17) is 9.15 Å². The highest BCUT2D eigenvalue weighted by molar-refractivity contribution is 7.00. The molecular formula is C30H13BF9NO2. The van der Waals surface area contributed by atoms with Gasteiger partial charge in [0.25, 0.3) is 6.71 Å². The summed E-state index contributed by atoms with van der Waals surface area (Å²) in [7, 11) is 0. The number of ether oxygens (including phenoxy) is 1. The van der Waals surface area contributed by atoms with E-state index in [2.05, 4.69) is 0 Å². The number of para-hydroxylation sites is 2. The van der Waals surface area contributed by atoms with Crippen LogP contribution in [0.3, 0.4) is 0 Å². The van der Waals surface area contributed by atoms with Crippen molar-refractivity contribution in [3.8, 4) is 11.5 Å². The minimum absolute atomic E-state index is 0.00648. The van der Waals surface area contributed by atoms with Crippen molar-refractivity contribution in [3.63, 3.8) is 0 Å². The minimum Gasteiger partial charge on any atom is -0.458 e. The van der Waals surface area contributed by atoms with Crippen LogP contribution in [0.1, 0.15) is 16.7 Å². The zero-order valence-corrected chi connectivity index (χ0v) is 21.2. The molecule has 0 bridgehead atoms. The smallest absolute Gasteiger partial charge is 0.416 e. The van der Waals surface area contributed by atoms with Crippen molar-refractivity contribution in [2.45, 2.75) is 23.9 Å². The Morgan fingerprint density at radius 2 is 1.44 bits per heavy atom. The van der Waals surface area contributed by atoms with E-state index in [-0.39, 0.29) is 44.9 Å². The summed E-state index contributed by atoms with van der Waals surface area (Å²) >= 11 is 0. The van der Waals surface area contributed by atoms with Crippen molar-refractivity contribution in [2.24, 2.45) is 0 Å². The molecule has 0 amide bonds. The fraction of sp³-hybridized carbons (Fsp3) is 0.133. The van der Waals surface area contributed by atoms with Crippen LogP contribution in [0.2, 0.25) is 0 Å². The molecule has 4 aromatic carbocycles. The number of hydrogen-bond acceptors (Lipinski definition) is 3. The van der Waals surface area contributed by atoms with Crippen LogP contribution in [-0.4, -0.2) is 12.6 Å². The van der Waals surface area contributed by atoms with Crippen LogP contribution >= 0.6 is 0 Å². The Balaban J connectivity index is 1.56. The average Bonchev–Trinajstić information content (AvgIpc) is 3.38. The second-order valence-corrected chi connectivity index (χ2v) is 10.6. The maximum absolute atomic E-state index is 15.4.